The van der Waals surface area contributed by atoms with Crippen molar-refractivity contribution in [1.82, 2.24) is 10.6 Å². The van der Waals surface area contributed by atoms with Crippen LogP contribution in [0.4, 0.5) is 0 Å². The fourth-order valence-corrected chi connectivity index (χ4v) is 2.31. The Morgan fingerprint density at radius 2 is 1.64 bits per heavy atom. The minimum atomic E-state index is -0.303. The molecule has 0 aromatic heterocycles. The van der Waals surface area contributed by atoms with E-state index in [0.29, 0.717) is 24.3 Å². The van der Waals surface area contributed by atoms with E-state index in [0.717, 1.165) is 11.3 Å². The SMILES string of the molecule is COc1ccc(C(=O)NCC(=O)NCCc2ccccc2OC)cc1. The minimum absolute atomic E-state index is 0.0726. The Bertz CT molecular complexity index is 714. The van der Waals surface area contributed by atoms with Crippen LogP contribution in [0.3, 0.4) is 0 Å². The molecule has 0 aliphatic rings. The second-order valence-electron chi connectivity index (χ2n) is 5.32. The number of carbonyl (C=O) groups excluding carboxylic acids is 2. The maximum Gasteiger partial charge on any atom is 0.251 e. The lowest BCUT2D eigenvalue weighted by Crippen LogP contribution is -2.37. The van der Waals surface area contributed by atoms with E-state index < -0.39 is 0 Å². The summed E-state index contributed by atoms with van der Waals surface area (Å²) >= 11 is 0. The molecule has 0 heterocycles. The van der Waals surface area contributed by atoms with Crippen molar-refractivity contribution in [3.8, 4) is 11.5 Å². The summed E-state index contributed by atoms with van der Waals surface area (Å²) in [6.07, 6.45) is 0.655. The molecule has 25 heavy (non-hydrogen) atoms. The molecule has 0 fully saturated rings. The van der Waals surface area contributed by atoms with E-state index in [1.807, 2.05) is 24.3 Å². The third-order valence-electron chi connectivity index (χ3n) is 3.67. The van der Waals surface area contributed by atoms with E-state index in [1.165, 1.54) is 0 Å². The highest BCUT2D eigenvalue weighted by atomic mass is 16.5. The molecule has 0 radical (unpaired) electrons. The first kappa shape index (κ1) is 18.3. The Labute approximate surface area is 147 Å². The van der Waals surface area contributed by atoms with Gasteiger partial charge in [0.15, 0.2) is 0 Å². The van der Waals surface area contributed by atoms with E-state index in [-0.39, 0.29) is 18.4 Å². The van der Waals surface area contributed by atoms with Gasteiger partial charge in [-0.2, -0.15) is 0 Å². The molecular formula is C19H22N2O4. The van der Waals surface area contributed by atoms with Gasteiger partial charge in [-0.25, -0.2) is 0 Å². The lowest BCUT2D eigenvalue weighted by molar-refractivity contribution is -0.120. The van der Waals surface area contributed by atoms with Crippen LogP contribution < -0.4 is 20.1 Å². The number of benzene rings is 2. The van der Waals surface area contributed by atoms with Gasteiger partial charge in [-0.05, 0) is 42.3 Å². The molecule has 2 N–H and O–H groups in total. The predicted molar refractivity (Wildman–Crippen MR) is 95.0 cm³/mol. The van der Waals surface area contributed by atoms with Gasteiger partial charge in [0.25, 0.3) is 5.91 Å². The van der Waals surface area contributed by atoms with Gasteiger partial charge in [0.05, 0.1) is 20.8 Å². The van der Waals surface area contributed by atoms with Gasteiger partial charge in [-0.15, -0.1) is 0 Å². The summed E-state index contributed by atoms with van der Waals surface area (Å²) < 4.78 is 10.3. The first-order valence-electron chi connectivity index (χ1n) is 7.95. The second kappa shape index (κ2) is 9.32. The van der Waals surface area contributed by atoms with Crippen LogP contribution in [-0.2, 0) is 11.2 Å². The molecule has 0 spiro atoms. The van der Waals surface area contributed by atoms with Crippen LogP contribution in [0.5, 0.6) is 11.5 Å². The Morgan fingerprint density at radius 1 is 0.920 bits per heavy atom. The number of carbonyl (C=O) groups is 2. The van der Waals surface area contributed by atoms with Crippen molar-refractivity contribution in [2.75, 3.05) is 27.3 Å². The number of para-hydroxylation sites is 1. The molecule has 0 saturated heterocycles. The quantitative estimate of drug-likeness (QED) is 0.767. The summed E-state index contributed by atoms with van der Waals surface area (Å²) in [4.78, 5) is 23.8. The van der Waals surface area contributed by atoms with Crippen LogP contribution in [0.2, 0.25) is 0 Å². The lowest BCUT2D eigenvalue weighted by Gasteiger charge is -2.10. The Kier molecular flexibility index (Phi) is 6.83. The van der Waals surface area contributed by atoms with Crippen LogP contribution in [0, 0.1) is 0 Å². The third kappa shape index (κ3) is 5.53. The number of hydrogen-bond acceptors (Lipinski definition) is 4. The summed E-state index contributed by atoms with van der Waals surface area (Å²) in [6.45, 7) is 0.397. The molecule has 2 amide bonds. The zero-order valence-corrected chi connectivity index (χ0v) is 14.4. The lowest BCUT2D eigenvalue weighted by atomic mass is 10.1. The predicted octanol–water partition coefficient (Wildman–Crippen LogP) is 1.79. The second-order valence-corrected chi connectivity index (χ2v) is 5.32. The molecule has 2 rings (SSSR count). The molecule has 0 aliphatic heterocycles. The molecule has 2 aromatic rings. The average molecular weight is 342 g/mol. The Balaban J connectivity index is 1.73. The number of nitrogens with one attached hydrogen (secondary N) is 2. The van der Waals surface area contributed by atoms with E-state index in [9.17, 15) is 9.59 Å². The van der Waals surface area contributed by atoms with Crippen molar-refractivity contribution in [2.24, 2.45) is 0 Å². The highest BCUT2D eigenvalue weighted by Gasteiger charge is 2.08. The zero-order valence-electron chi connectivity index (χ0n) is 14.4. The van der Waals surface area contributed by atoms with Crippen molar-refractivity contribution in [3.05, 3.63) is 59.7 Å². The van der Waals surface area contributed by atoms with Crippen LogP contribution in [0.25, 0.3) is 0 Å². The number of ether oxygens (including phenoxy) is 2. The zero-order chi connectivity index (χ0) is 18.1. The first-order valence-corrected chi connectivity index (χ1v) is 7.95. The fraction of sp³-hybridized carbons (Fsp3) is 0.263. The van der Waals surface area contributed by atoms with Crippen LogP contribution in [0.1, 0.15) is 15.9 Å². The molecule has 6 nitrogen and oxygen atoms in total. The summed E-state index contributed by atoms with van der Waals surface area (Å²) in [5.74, 6) is 0.925. The van der Waals surface area contributed by atoms with Gasteiger partial charge in [-0.1, -0.05) is 18.2 Å². The summed E-state index contributed by atoms with van der Waals surface area (Å²) in [7, 11) is 3.18. The molecule has 0 unspecified atom stereocenters. The number of rotatable bonds is 8. The smallest absolute Gasteiger partial charge is 0.251 e. The largest absolute Gasteiger partial charge is 0.497 e. The monoisotopic (exact) mass is 342 g/mol. The van der Waals surface area contributed by atoms with Gasteiger partial charge in [-0.3, -0.25) is 9.59 Å². The summed E-state index contributed by atoms with van der Waals surface area (Å²) in [5.41, 5.74) is 1.50. The van der Waals surface area contributed by atoms with E-state index >= 15 is 0 Å². The van der Waals surface area contributed by atoms with E-state index in [4.69, 9.17) is 9.47 Å². The number of methoxy groups -OCH3 is 2. The average Bonchev–Trinajstić information content (AvgIpc) is 2.66. The van der Waals surface area contributed by atoms with Gasteiger partial charge >= 0.3 is 0 Å². The van der Waals surface area contributed by atoms with Gasteiger partial charge in [0, 0.05) is 12.1 Å². The topological polar surface area (TPSA) is 76.7 Å². The summed E-state index contributed by atoms with van der Waals surface area (Å²) in [6, 6.07) is 14.3. The molecular weight excluding hydrogens is 320 g/mol. The van der Waals surface area contributed by atoms with E-state index in [2.05, 4.69) is 10.6 Å². The Morgan fingerprint density at radius 3 is 2.32 bits per heavy atom. The number of amides is 2. The molecule has 6 heteroatoms. The molecule has 0 saturated carbocycles. The third-order valence-corrected chi connectivity index (χ3v) is 3.67. The summed E-state index contributed by atoms with van der Waals surface area (Å²) in [5, 5.41) is 5.37. The van der Waals surface area contributed by atoms with Crippen molar-refractivity contribution < 1.29 is 19.1 Å². The van der Waals surface area contributed by atoms with Crippen molar-refractivity contribution in [1.29, 1.82) is 0 Å². The van der Waals surface area contributed by atoms with Gasteiger partial charge in [0.2, 0.25) is 5.91 Å². The molecule has 2 aromatic carbocycles. The van der Waals surface area contributed by atoms with Crippen LogP contribution >= 0.6 is 0 Å². The Hall–Kier alpha value is -3.02. The van der Waals surface area contributed by atoms with Crippen molar-refractivity contribution >= 4 is 11.8 Å². The van der Waals surface area contributed by atoms with Crippen molar-refractivity contribution in [3.63, 3.8) is 0 Å². The first-order chi connectivity index (χ1) is 12.1. The highest BCUT2D eigenvalue weighted by Crippen LogP contribution is 2.17. The van der Waals surface area contributed by atoms with E-state index in [1.54, 1.807) is 38.5 Å². The fourth-order valence-electron chi connectivity index (χ4n) is 2.31. The maximum absolute atomic E-state index is 12.0. The van der Waals surface area contributed by atoms with Crippen LogP contribution in [-0.4, -0.2) is 39.1 Å². The van der Waals surface area contributed by atoms with Gasteiger partial charge < -0.3 is 20.1 Å². The molecule has 0 atom stereocenters. The van der Waals surface area contributed by atoms with Crippen LogP contribution in [0.15, 0.2) is 48.5 Å². The normalized spacial score (nSPS) is 10.0. The standard InChI is InChI=1S/C19H22N2O4/c1-24-16-9-7-15(8-10-16)19(23)21-13-18(22)20-12-11-14-5-3-4-6-17(14)25-2/h3-10H,11-13H2,1-2H3,(H,20,22)(H,21,23). The highest BCUT2D eigenvalue weighted by molar-refractivity contribution is 5.96. The molecule has 132 valence electrons. The number of hydrogen-bond donors (Lipinski definition) is 2. The van der Waals surface area contributed by atoms with Gasteiger partial charge in [0.1, 0.15) is 11.5 Å². The minimum Gasteiger partial charge on any atom is -0.497 e. The van der Waals surface area contributed by atoms with Crippen molar-refractivity contribution in [2.45, 2.75) is 6.42 Å². The molecule has 0 aliphatic carbocycles. The molecule has 0 bridgehead atoms. The maximum atomic E-state index is 12.0.